The fraction of sp³-hybridized carbons (Fsp3) is 0.409. The molecule has 1 fully saturated rings. The van der Waals surface area contributed by atoms with E-state index >= 15 is 0 Å². The Balaban J connectivity index is 1.66. The monoisotopic (exact) mass is 368 g/mol. The van der Waals surface area contributed by atoms with Gasteiger partial charge in [-0.15, -0.1) is 0 Å². The van der Waals surface area contributed by atoms with Gasteiger partial charge in [-0.25, -0.2) is 0 Å². The second-order valence-electron chi connectivity index (χ2n) is 7.22. The standard InChI is InChI=1S/C22H28N2O3/c1-17(25)23-22(19-8-4-3-5-9-19)11-13-24(14-12-22)16-21(26)18-7-6-10-20(15-18)27-2/h3-10,15,21,26H,11-14,16H2,1-2H3,(H,23,25)/t21-/m0/s1. The summed E-state index contributed by atoms with van der Waals surface area (Å²) in [7, 11) is 1.63. The van der Waals surface area contributed by atoms with Crippen molar-refractivity contribution in [1.29, 1.82) is 0 Å². The minimum Gasteiger partial charge on any atom is -0.497 e. The number of piperidine rings is 1. The van der Waals surface area contributed by atoms with Gasteiger partial charge >= 0.3 is 0 Å². The maximum atomic E-state index is 11.8. The Kier molecular flexibility index (Phi) is 6.14. The van der Waals surface area contributed by atoms with Crippen molar-refractivity contribution in [1.82, 2.24) is 10.2 Å². The van der Waals surface area contributed by atoms with Crippen molar-refractivity contribution in [3.05, 3.63) is 65.7 Å². The molecule has 0 unspecified atom stereocenters. The van der Waals surface area contributed by atoms with E-state index in [1.165, 1.54) is 0 Å². The summed E-state index contributed by atoms with van der Waals surface area (Å²) in [6, 6.07) is 17.7. The number of ether oxygens (including phenoxy) is 1. The molecule has 5 heteroatoms. The fourth-order valence-electron chi connectivity index (χ4n) is 3.90. The number of carbonyl (C=O) groups excluding carboxylic acids is 1. The molecule has 2 aromatic carbocycles. The van der Waals surface area contributed by atoms with E-state index in [9.17, 15) is 9.90 Å². The zero-order chi connectivity index (χ0) is 19.3. The molecule has 1 amide bonds. The van der Waals surface area contributed by atoms with Crippen molar-refractivity contribution in [3.8, 4) is 5.75 Å². The molecular weight excluding hydrogens is 340 g/mol. The summed E-state index contributed by atoms with van der Waals surface area (Å²) in [5.41, 5.74) is 1.68. The molecule has 0 aliphatic carbocycles. The first-order valence-electron chi connectivity index (χ1n) is 9.41. The number of nitrogens with zero attached hydrogens (tertiary/aromatic N) is 1. The molecule has 3 rings (SSSR count). The van der Waals surface area contributed by atoms with Gasteiger partial charge in [0.25, 0.3) is 0 Å². The van der Waals surface area contributed by atoms with Crippen LogP contribution in [0.25, 0.3) is 0 Å². The number of β-amino-alcohol motifs (C(OH)–C–C–N with tert-alkyl or cyclic N) is 1. The third kappa shape index (κ3) is 4.67. The Bertz CT molecular complexity index is 755. The van der Waals surface area contributed by atoms with Crippen molar-refractivity contribution in [3.63, 3.8) is 0 Å². The average molecular weight is 368 g/mol. The van der Waals surface area contributed by atoms with Gasteiger partial charge in [-0.05, 0) is 36.1 Å². The molecular formula is C22H28N2O3. The van der Waals surface area contributed by atoms with Crippen LogP contribution in [-0.2, 0) is 10.3 Å². The first kappa shape index (κ1) is 19.4. The van der Waals surface area contributed by atoms with Crippen molar-refractivity contribution >= 4 is 5.91 Å². The molecule has 1 aliphatic heterocycles. The lowest BCUT2D eigenvalue weighted by Gasteiger charge is -2.43. The molecule has 0 aromatic heterocycles. The van der Waals surface area contributed by atoms with Gasteiger partial charge in [-0.1, -0.05) is 42.5 Å². The van der Waals surface area contributed by atoms with Gasteiger partial charge in [-0.3, -0.25) is 4.79 Å². The van der Waals surface area contributed by atoms with Gasteiger partial charge in [0.15, 0.2) is 0 Å². The molecule has 0 spiro atoms. The minimum atomic E-state index is -0.565. The predicted octanol–water partition coefficient (Wildman–Crippen LogP) is 2.86. The number of aliphatic hydroxyl groups excluding tert-OH is 1. The lowest BCUT2D eigenvalue weighted by atomic mass is 9.80. The van der Waals surface area contributed by atoms with Gasteiger partial charge in [0.1, 0.15) is 5.75 Å². The lowest BCUT2D eigenvalue weighted by Crippen LogP contribution is -2.53. The number of hydrogen-bond donors (Lipinski definition) is 2. The maximum Gasteiger partial charge on any atom is 0.217 e. The number of hydrogen-bond acceptors (Lipinski definition) is 4. The highest BCUT2D eigenvalue weighted by atomic mass is 16.5. The second kappa shape index (κ2) is 8.55. The Morgan fingerprint density at radius 2 is 1.89 bits per heavy atom. The summed E-state index contributed by atoms with van der Waals surface area (Å²) in [6.45, 7) is 3.77. The molecule has 0 bridgehead atoms. The number of nitrogens with one attached hydrogen (secondary N) is 1. The number of aliphatic hydroxyl groups is 1. The van der Waals surface area contributed by atoms with Crippen molar-refractivity contribution < 1.29 is 14.6 Å². The first-order valence-corrected chi connectivity index (χ1v) is 9.41. The quantitative estimate of drug-likeness (QED) is 0.823. The largest absolute Gasteiger partial charge is 0.497 e. The van der Waals surface area contributed by atoms with E-state index in [-0.39, 0.29) is 11.4 Å². The topological polar surface area (TPSA) is 61.8 Å². The van der Waals surface area contributed by atoms with E-state index in [0.717, 1.165) is 42.8 Å². The van der Waals surface area contributed by atoms with Crippen LogP contribution in [0.3, 0.4) is 0 Å². The molecule has 2 aromatic rings. The highest BCUT2D eigenvalue weighted by molar-refractivity contribution is 5.74. The average Bonchev–Trinajstić information content (AvgIpc) is 2.70. The van der Waals surface area contributed by atoms with Crippen LogP contribution in [0.1, 0.15) is 37.0 Å². The van der Waals surface area contributed by atoms with Crippen molar-refractivity contribution in [2.45, 2.75) is 31.4 Å². The second-order valence-corrected chi connectivity index (χ2v) is 7.22. The Morgan fingerprint density at radius 3 is 2.52 bits per heavy atom. The van der Waals surface area contributed by atoms with Crippen LogP contribution in [0.2, 0.25) is 0 Å². The Morgan fingerprint density at radius 1 is 1.19 bits per heavy atom. The van der Waals surface area contributed by atoms with Gasteiger partial charge in [0, 0.05) is 26.6 Å². The summed E-state index contributed by atoms with van der Waals surface area (Å²) >= 11 is 0. The third-order valence-electron chi connectivity index (χ3n) is 5.36. The van der Waals surface area contributed by atoms with Gasteiger partial charge in [0.2, 0.25) is 5.91 Å². The molecule has 0 radical (unpaired) electrons. The molecule has 1 saturated heterocycles. The van der Waals surface area contributed by atoms with Crippen molar-refractivity contribution in [2.24, 2.45) is 0 Å². The van der Waals surface area contributed by atoms with E-state index in [0.29, 0.717) is 6.54 Å². The van der Waals surface area contributed by atoms with Crippen LogP contribution in [-0.4, -0.2) is 42.7 Å². The summed E-state index contributed by atoms with van der Waals surface area (Å²) in [5.74, 6) is 0.739. The minimum absolute atomic E-state index is 0.0104. The van der Waals surface area contributed by atoms with E-state index in [1.807, 2.05) is 42.5 Å². The SMILES string of the molecule is COc1cccc([C@@H](O)CN2CCC(NC(C)=O)(c3ccccc3)CC2)c1. The van der Waals surface area contributed by atoms with Gasteiger partial charge < -0.3 is 20.1 Å². The number of methoxy groups -OCH3 is 1. The summed E-state index contributed by atoms with van der Waals surface area (Å²) in [5, 5.41) is 13.8. The van der Waals surface area contributed by atoms with Crippen LogP contribution in [0.15, 0.2) is 54.6 Å². The van der Waals surface area contributed by atoms with Crippen LogP contribution < -0.4 is 10.1 Å². The first-order chi connectivity index (χ1) is 13.0. The highest BCUT2D eigenvalue weighted by Crippen LogP contribution is 2.33. The molecule has 1 heterocycles. The predicted molar refractivity (Wildman–Crippen MR) is 106 cm³/mol. The van der Waals surface area contributed by atoms with Crippen LogP contribution in [0, 0.1) is 0 Å². The number of amides is 1. The molecule has 2 N–H and O–H groups in total. The molecule has 0 saturated carbocycles. The third-order valence-corrected chi connectivity index (χ3v) is 5.36. The summed E-state index contributed by atoms with van der Waals surface area (Å²) < 4.78 is 5.24. The number of carbonyl (C=O) groups is 1. The van der Waals surface area contributed by atoms with Gasteiger partial charge in [-0.2, -0.15) is 0 Å². The Labute approximate surface area is 161 Å². The highest BCUT2D eigenvalue weighted by Gasteiger charge is 2.37. The molecule has 1 atom stereocenters. The molecule has 144 valence electrons. The summed E-state index contributed by atoms with van der Waals surface area (Å²) in [6.07, 6.45) is 1.08. The number of benzene rings is 2. The van der Waals surface area contributed by atoms with E-state index < -0.39 is 6.10 Å². The molecule has 5 nitrogen and oxygen atoms in total. The fourth-order valence-corrected chi connectivity index (χ4v) is 3.90. The summed E-state index contributed by atoms with van der Waals surface area (Å²) in [4.78, 5) is 14.1. The van der Waals surface area contributed by atoms with E-state index in [4.69, 9.17) is 4.74 Å². The van der Waals surface area contributed by atoms with Gasteiger partial charge in [0.05, 0.1) is 18.8 Å². The number of likely N-dealkylation sites (tertiary alicyclic amines) is 1. The maximum absolute atomic E-state index is 11.8. The van der Waals surface area contributed by atoms with E-state index in [1.54, 1.807) is 14.0 Å². The smallest absolute Gasteiger partial charge is 0.217 e. The molecule has 27 heavy (non-hydrogen) atoms. The Hall–Kier alpha value is -2.37. The zero-order valence-electron chi connectivity index (χ0n) is 16.0. The zero-order valence-corrected chi connectivity index (χ0v) is 16.0. The van der Waals surface area contributed by atoms with E-state index in [2.05, 4.69) is 22.3 Å². The van der Waals surface area contributed by atoms with Crippen LogP contribution >= 0.6 is 0 Å². The van der Waals surface area contributed by atoms with Crippen LogP contribution in [0.5, 0.6) is 5.75 Å². The van der Waals surface area contributed by atoms with Crippen LogP contribution in [0.4, 0.5) is 0 Å². The van der Waals surface area contributed by atoms with Crippen molar-refractivity contribution in [2.75, 3.05) is 26.7 Å². The number of rotatable bonds is 6. The normalized spacial score (nSPS) is 17.9. The lowest BCUT2D eigenvalue weighted by molar-refractivity contribution is -0.121. The molecule has 1 aliphatic rings.